The first-order chi connectivity index (χ1) is 8.58. The minimum atomic E-state index is 0.233. The number of nitrogens with two attached hydrogens (primary N) is 1. The normalized spacial score (nSPS) is 12.3. The third-order valence-corrected chi connectivity index (χ3v) is 2.94. The van der Waals surface area contributed by atoms with Gasteiger partial charge in [0.25, 0.3) is 0 Å². The lowest BCUT2D eigenvalue weighted by Gasteiger charge is -2.15. The summed E-state index contributed by atoms with van der Waals surface area (Å²) in [4.78, 5) is 0. The molecule has 18 heavy (non-hydrogen) atoms. The van der Waals surface area contributed by atoms with Gasteiger partial charge in [-0.1, -0.05) is 0 Å². The highest BCUT2D eigenvalue weighted by Gasteiger charge is 2.09. The topological polar surface area (TPSA) is 56.5 Å². The Labute approximate surface area is 109 Å². The summed E-state index contributed by atoms with van der Waals surface area (Å²) < 4.78 is 10.6. The van der Waals surface area contributed by atoms with Gasteiger partial charge in [0.1, 0.15) is 11.5 Å². The van der Waals surface area contributed by atoms with Crippen molar-refractivity contribution in [2.24, 2.45) is 5.73 Å². The fourth-order valence-corrected chi connectivity index (χ4v) is 1.82. The molecule has 1 aromatic carbocycles. The molecule has 3 N–H and O–H groups in total. The standard InChI is InChI=1S/C14H24N2O2/c1-10-7-12(17-3)8-14(18-4)13(10)9-16-6-5-11(2)15/h7-8,11,16H,5-6,9,15H2,1-4H3. The van der Waals surface area contributed by atoms with Gasteiger partial charge in [0.05, 0.1) is 14.2 Å². The molecule has 1 aromatic rings. The molecule has 1 unspecified atom stereocenters. The zero-order valence-electron chi connectivity index (χ0n) is 11.7. The van der Waals surface area contributed by atoms with Crippen LogP contribution in [0.3, 0.4) is 0 Å². The Bertz CT molecular complexity index is 378. The molecule has 0 fully saturated rings. The number of aryl methyl sites for hydroxylation is 1. The predicted molar refractivity (Wildman–Crippen MR) is 74.3 cm³/mol. The molecule has 0 heterocycles. The van der Waals surface area contributed by atoms with Gasteiger partial charge in [-0.15, -0.1) is 0 Å². The highest BCUT2D eigenvalue weighted by atomic mass is 16.5. The van der Waals surface area contributed by atoms with Crippen molar-refractivity contribution in [2.45, 2.75) is 32.9 Å². The van der Waals surface area contributed by atoms with E-state index < -0.39 is 0 Å². The SMILES string of the molecule is COc1cc(C)c(CNCCC(C)N)c(OC)c1. The Morgan fingerprint density at radius 3 is 2.56 bits per heavy atom. The van der Waals surface area contributed by atoms with Crippen molar-refractivity contribution in [3.05, 3.63) is 23.3 Å². The molecule has 4 nitrogen and oxygen atoms in total. The van der Waals surface area contributed by atoms with Crippen molar-refractivity contribution in [1.29, 1.82) is 0 Å². The number of nitrogens with one attached hydrogen (secondary N) is 1. The van der Waals surface area contributed by atoms with E-state index in [2.05, 4.69) is 12.2 Å². The van der Waals surface area contributed by atoms with Crippen molar-refractivity contribution in [3.8, 4) is 11.5 Å². The Morgan fingerprint density at radius 2 is 2.00 bits per heavy atom. The summed E-state index contributed by atoms with van der Waals surface area (Å²) in [6.45, 7) is 5.77. The monoisotopic (exact) mass is 252 g/mol. The van der Waals surface area contributed by atoms with Gasteiger partial charge in [-0.25, -0.2) is 0 Å². The van der Waals surface area contributed by atoms with Crippen LogP contribution in [0.5, 0.6) is 11.5 Å². The van der Waals surface area contributed by atoms with Gasteiger partial charge in [0.15, 0.2) is 0 Å². The molecule has 1 rings (SSSR count). The summed E-state index contributed by atoms with van der Waals surface area (Å²) >= 11 is 0. The van der Waals surface area contributed by atoms with Crippen LogP contribution < -0.4 is 20.5 Å². The van der Waals surface area contributed by atoms with Gasteiger partial charge in [-0.3, -0.25) is 0 Å². The molecule has 0 bridgehead atoms. The maximum Gasteiger partial charge on any atom is 0.127 e. The summed E-state index contributed by atoms with van der Waals surface area (Å²) in [5.41, 5.74) is 8.05. The molecular formula is C14H24N2O2. The summed E-state index contributed by atoms with van der Waals surface area (Å²) in [6.07, 6.45) is 0.970. The molecule has 0 amide bonds. The van der Waals surface area contributed by atoms with Crippen LogP contribution in [0.25, 0.3) is 0 Å². The van der Waals surface area contributed by atoms with E-state index in [0.717, 1.165) is 31.0 Å². The van der Waals surface area contributed by atoms with E-state index in [9.17, 15) is 0 Å². The van der Waals surface area contributed by atoms with Crippen molar-refractivity contribution < 1.29 is 9.47 Å². The summed E-state index contributed by atoms with van der Waals surface area (Å²) in [6, 6.07) is 4.16. The maximum absolute atomic E-state index is 5.71. The quantitative estimate of drug-likeness (QED) is 0.727. The van der Waals surface area contributed by atoms with Crippen LogP contribution in [-0.4, -0.2) is 26.8 Å². The van der Waals surface area contributed by atoms with Crippen LogP contribution in [0.1, 0.15) is 24.5 Å². The molecular weight excluding hydrogens is 228 g/mol. The van der Waals surface area contributed by atoms with Crippen LogP contribution in [0.4, 0.5) is 0 Å². The van der Waals surface area contributed by atoms with Gasteiger partial charge in [0, 0.05) is 24.2 Å². The average Bonchev–Trinajstić information content (AvgIpc) is 2.34. The second-order valence-electron chi connectivity index (χ2n) is 4.57. The predicted octanol–water partition coefficient (Wildman–Crippen LogP) is 1.84. The number of methoxy groups -OCH3 is 2. The number of benzene rings is 1. The number of ether oxygens (including phenoxy) is 2. The van der Waals surface area contributed by atoms with Gasteiger partial charge in [-0.05, 0) is 38.4 Å². The van der Waals surface area contributed by atoms with Crippen molar-refractivity contribution in [1.82, 2.24) is 5.32 Å². The maximum atomic E-state index is 5.71. The molecule has 0 saturated carbocycles. The van der Waals surface area contributed by atoms with Gasteiger partial charge < -0.3 is 20.5 Å². The Balaban J connectivity index is 2.69. The smallest absolute Gasteiger partial charge is 0.127 e. The van der Waals surface area contributed by atoms with Gasteiger partial charge in [0.2, 0.25) is 0 Å². The van der Waals surface area contributed by atoms with Crippen LogP contribution >= 0.6 is 0 Å². The fourth-order valence-electron chi connectivity index (χ4n) is 1.82. The number of hydrogen-bond donors (Lipinski definition) is 2. The first-order valence-corrected chi connectivity index (χ1v) is 6.26. The second-order valence-corrected chi connectivity index (χ2v) is 4.57. The summed E-state index contributed by atoms with van der Waals surface area (Å²) in [5.74, 6) is 1.68. The molecule has 0 aromatic heterocycles. The Morgan fingerprint density at radius 1 is 1.28 bits per heavy atom. The van der Waals surface area contributed by atoms with Crippen molar-refractivity contribution in [2.75, 3.05) is 20.8 Å². The van der Waals surface area contributed by atoms with Gasteiger partial charge >= 0.3 is 0 Å². The molecule has 102 valence electrons. The van der Waals surface area contributed by atoms with Crippen LogP contribution in [0.2, 0.25) is 0 Å². The van der Waals surface area contributed by atoms with Crippen molar-refractivity contribution >= 4 is 0 Å². The number of hydrogen-bond acceptors (Lipinski definition) is 4. The lowest BCUT2D eigenvalue weighted by atomic mass is 10.1. The highest BCUT2D eigenvalue weighted by molar-refractivity contribution is 5.46. The molecule has 0 aliphatic carbocycles. The first-order valence-electron chi connectivity index (χ1n) is 6.26. The van der Waals surface area contributed by atoms with E-state index in [-0.39, 0.29) is 6.04 Å². The third-order valence-electron chi connectivity index (χ3n) is 2.94. The molecule has 0 aliphatic rings. The Hall–Kier alpha value is -1.26. The van der Waals surface area contributed by atoms with E-state index in [4.69, 9.17) is 15.2 Å². The van der Waals surface area contributed by atoms with Gasteiger partial charge in [-0.2, -0.15) is 0 Å². The number of rotatable bonds is 7. The molecule has 0 saturated heterocycles. The first kappa shape index (κ1) is 14.8. The largest absolute Gasteiger partial charge is 0.497 e. The lowest BCUT2D eigenvalue weighted by molar-refractivity contribution is 0.389. The minimum absolute atomic E-state index is 0.233. The molecule has 0 spiro atoms. The molecule has 0 radical (unpaired) electrons. The van der Waals surface area contributed by atoms with Crippen LogP contribution in [-0.2, 0) is 6.54 Å². The minimum Gasteiger partial charge on any atom is -0.497 e. The highest BCUT2D eigenvalue weighted by Crippen LogP contribution is 2.28. The lowest BCUT2D eigenvalue weighted by Crippen LogP contribution is -2.24. The van der Waals surface area contributed by atoms with E-state index in [1.807, 2.05) is 19.1 Å². The van der Waals surface area contributed by atoms with E-state index in [1.54, 1.807) is 14.2 Å². The van der Waals surface area contributed by atoms with Crippen LogP contribution in [0, 0.1) is 6.92 Å². The average molecular weight is 252 g/mol. The van der Waals surface area contributed by atoms with Crippen LogP contribution in [0.15, 0.2) is 12.1 Å². The Kier molecular flexibility index (Phi) is 5.95. The third kappa shape index (κ3) is 4.20. The second kappa shape index (κ2) is 7.24. The summed E-state index contributed by atoms with van der Waals surface area (Å²) in [5, 5.41) is 3.39. The zero-order valence-corrected chi connectivity index (χ0v) is 11.7. The van der Waals surface area contributed by atoms with E-state index >= 15 is 0 Å². The van der Waals surface area contributed by atoms with Crippen molar-refractivity contribution in [3.63, 3.8) is 0 Å². The van der Waals surface area contributed by atoms with E-state index in [0.29, 0.717) is 0 Å². The van der Waals surface area contributed by atoms with E-state index in [1.165, 1.54) is 11.1 Å². The summed E-state index contributed by atoms with van der Waals surface area (Å²) in [7, 11) is 3.34. The molecule has 0 aliphatic heterocycles. The zero-order chi connectivity index (χ0) is 13.5. The molecule has 1 atom stereocenters. The molecule has 4 heteroatoms. The fraction of sp³-hybridized carbons (Fsp3) is 0.571.